The van der Waals surface area contributed by atoms with E-state index in [9.17, 15) is 4.79 Å². The summed E-state index contributed by atoms with van der Waals surface area (Å²) in [4.78, 5) is 16.6. The molecule has 0 unspecified atom stereocenters. The lowest BCUT2D eigenvalue weighted by Crippen LogP contribution is -2.27. The quantitative estimate of drug-likeness (QED) is 0.636. The molecule has 26 heavy (non-hydrogen) atoms. The molecule has 0 bridgehead atoms. The summed E-state index contributed by atoms with van der Waals surface area (Å²) in [6.07, 6.45) is 1.05. The topological polar surface area (TPSA) is 63.2 Å². The van der Waals surface area contributed by atoms with Crippen molar-refractivity contribution in [3.05, 3.63) is 71.2 Å². The molecule has 0 aliphatic carbocycles. The standard InChI is InChI=1S/C20H21N3O2S/c1-25-18-9-5-6-15(12-18)10-11-21-19(24)13-17-14-26-20(23-17)22-16-7-3-2-4-8-16/h2-9,12,14H,10-11,13H2,1H3,(H,21,24)(H,22,23). The summed E-state index contributed by atoms with van der Waals surface area (Å²) in [6, 6.07) is 17.7. The second-order valence-electron chi connectivity index (χ2n) is 5.76. The lowest BCUT2D eigenvalue weighted by molar-refractivity contribution is -0.120. The number of para-hydroxylation sites is 1. The van der Waals surface area contributed by atoms with Crippen molar-refractivity contribution in [3.8, 4) is 5.75 Å². The van der Waals surface area contributed by atoms with Gasteiger partial charge < -0.3 is 15.4 Å². The number of aromatic nitrogens is 1. The van der Waals surface area contributed by atoms with Gasteiger partial charge in [-0.1, -0.05) is 30.3 Å². The third-order valence-electron chi connectivity index (χ3n) is 3.79. The van der Waals surface area contributed by atoms with E-state index in [1.807, 2.05) is 60.0 Å². The zero-order chi connectivity index (χ0) is 18.2. The van der Waals surface area contributed by atoms with E-state index in [-0.39, 0.29) is 12.3 Å². The van der Waals surface area contributed by atoms with E-state index >= 15 is 0 Å². The molecule has 0 atom stereocenters. The van der Waals surface area contributed by atoms with Crippen molar-refractivity contribution in [2.24, 2.45) is 0 Å². The van der Waals surface area contributed by atoms with Crippen LogP contribution in [-0.2, 0) is 17.6 Å². The summed E-state index contributed by atoms with van der Waals surface area (Å²) in [5, 5.41) is 8.87. The van der Waals surface area contributed by atoms with Gasteiger partial charge in [-0.2, -0.15) is 0 Å². The average molecular weight is 367 g/mol. The van der Waals surface area contributed by atoms with Gasteiger partial charge >= 0.3 is 0 Å². The largest absolute Gasteiger partial charge is 0.497 e. The highest BCUT2D eigenvalue weighted by Crippen LogP contribution is 2.20. The van der Waals surface area contributed by atoms with Crippen LogP contribution < -0.4 is 15.4 Å². The number of anilines is 2. The van der Waals surface area contributed by atoms with Gasteiger partial charge in [0.1, 0.15) is 5.75 Å². The second kappa shape index (κ2) is 9.01. The molecule has 0 saturated carbocycles. The molecule has 0 aliphatic heterocycles. The fourth-order valence-corrected chi connectivity index (χ4v) is 3.22. The molecular weight excluding hydrogens is 346 g/mol. The third-order valence-corrected chi connectivity index (χ3v) is 4.60. The highest BCUT2D eigenvalue weighted by molar-refractivity contribution is 7.13. The van der Waals surface area contributed by atoms with Crippen LogP contribution in [0.5, 0.6) is 5.75 Å². The third kappa shape index (κ3) is 5.32. The smallest absolute Gasteiger partial charge is 0.226 e. The van der Waals surface area contributed by atoms with Crippen LogP contribution in [-0.4, -0.2) is 24.5 Å². The molecule has 2 aromatic carbocycles. The Morgan fingerprint density at radius 3 is 2.81 bits per heavy atom. The Labute approximate surface area is 157 Å². The van der Waals surface area contributed by atoms with Gasteiger partial charge in [-0.25, -0.2) is 4.98 Å². The second-order valence-corrected chi connectivity index (χ2v) is 6.62. The van der Waals surface area contributed by atoms with Crippen LogP contribution in [0.2, 0.25) is 0 Å². The fraction of sp³-hybridized carbons (Fsp3) is 0.200. The highest BCUT2D eigenvalue weighted by atomic mass is 32.1. The van der Waals surface area contributed by atoms with Crippen LogP contribution in [0.25, 0.3) is 0 Å². The van der Waals surface area contributed by atoms with Crippen LogP contribution in [0.4, 0.5) is 10.8 Å². The van der Waals surface area contributed by atoms with Crippen molar-refractivity contribution in [1.82, 2.24) is 10.3 Å². The maximum atomic E-state index is 12.1. The Morgan fingerprint density at radius 1 is 1.15 bits per heavy atom. The summed E-state index contributed by atoms with van der Waals surface area (Å²) >= 11 is 1.50. The summed E-state index contributed by atoms with van der Waals surface area (Å²) in [5.41, 5.74) is 2.89. The number of carbonyl (C=O) groups is 1. The van der Waals surface area contributed by atoms with E-state index < -0.39 is 0 Å². The summed E-state index contributed by atoms with van der Waals surface area (Å²) in [7, 11) is 1.65. The Hall–Kier alpha value is -2.86. The lowest BCUT2D eigenvalue weighted by atomic mass is 10.1. The van der Waals surface area contributed by atoms with Gasteiger partial charge in [0.2, 0.25) is 5.91 Å². The average Bonchev–Trinajstić information content (AvgIpc) is 3.09. The number of ether oxygens (including phenoxy) is 1. The number of hydrogen-bond acceptors (Lipinski definition) is 5. The first-order chi connectivity index (χ1) is 12.7. The van der Waals surface area contributed by atoms with E-state index in [1.54, 1.807) is 7.11 Å². The molecule has 0 fully saturated rings. The van der Waals surface area contributed by atoms with Gasteiger partial charge in [0.15, 0.2) is 5.13 Å². The zero-order valence-electron chi connectivity index (χ0n) is 14.6. The molecule has 0 radical (unpaired) electrons. The van der Waals surface area contributed by atoms with Crippen molar-refractivity contribution in [2.75, 3.05) is 19.0 Å². The molecule has 0 spiro atoms. The summed E-state index contributed by atoms with van der Waals surface area (Å²) in [6.45, 7) is 0.589. The first-order valence-corrected chi connectivity index (χ1v) is 9.27. The van der Waals surface area contributed by atoms with Gasteiger partial charge in [0.25, 0.3) is 0 Å². The van der Waals surface area contributed by atoms with E-state index in [1.165, 1.54) is 11.3 Å². The van der Waals surface area contributed by atoms with Crippen LogP contribution >= 0.6 is 11.3 Å². The van der Waals surface area contributed by atoms with Crippen LogP contribution in [0.3, 0.4) is 0 Å². The molecular formula is C20H21N3O2S. The van der Waals surface area contributed by atoms with Gasteiger partial charge in [-0.3, -0.25) is 4.79 Å². The van der Waals surface area contributed by atoms with E-state index in [2.05, 4.69) is 15.6 Å². The number of rotatable bonds is 8. The fourth-order valence-electron chi connectivity index (χ4n) is 2.49. The first kappa shape index (κ1) is 17.9. The first-order valence-electron chi connectivity index (χ1n) is 8.39. The number of thiazole rings is 1. The summed E-state index contributed by atoms with van der Waals surface area (Å²) < 4.78 is 5.21. The SMILES string of the molecule is COc1cccc(CCNC(=O)Cc2csc(Nc3ccccc3)n2)c1. The molecule has 1 amide bonds. The molecule has 0 saturated heterocycles. The van der Waals surface area contributed by atoms with Gasteiger partial charge in [-0.05, 0) is 36.2 Å². The number of carbonyl (C=O) groups excluding carboxylic acids is 1. The van der Waals surface area contributed by atoms with Crippen molar-refractivity contribution in [2.45, 2.75) is 12.8 Å². The van der Waals surface area contributed by atoms with Crippen molar-refractivity contribution >= 4 is 28.1 Å². The predicted octanol–water partition coefficient (Wildman–Crippen LogP) is 3.80. The van der Waals surface area contributed by atoms with Crippen LogP contribution in [0.15, 0.2) is 60.0 Å². The Bertz CT molecular complexity index is 849. The van der Waals surface area contributed by atoms with E-state index in [4.69, 9.17) is 4.74 Å². The molecule has 134 valence electrons. The number of methoxy groups -OCH3 is 1. The monoisotopic (exact) mass is 367 g/mol. The van der Waals surface area contributed by atoms with Crippen LogP contribution in [0.1, 0.15) is 11.3 Å². The summed E-state index contributed by atoms with van der Waals surface area (Å²) in [5.74, 6) is 0.805. The van der Waals surface area contributed by atoms with Crippen molar-refractivity contribution in [3.63, 3.8) is 0 Å². The molecule has 3 rings (SSSR count). The molecule has 2 N–H and O–H groups in total. The predicted molar refractivity (Wildman–Crippen MR) is 105 cm³/mol. The lowest BCUT2D eigenvalue weighted by Gasteiger charge is -2.06. The maximum absolute atomic E-state index is 12.1. The molecule has 6 heteroatoms. The molecule has 1 heterocycles. The van der Waals surface area contributed by atoms with Crippen molar-refractivity contribution in [1.29, 1.82) is 0 Å². The van der Waals surface area contributed by atoms with Gasteiger partial charge in [0.05, 0.1) is 19.2 Å². The molecule has 0 aliphatic rings. The molecule has 5 nitrogen and oxygen atoms in total. The molecule has 3 aromatic rings. The van der Waals surface area contributed by atoms with E-state index in [0.29, 0.717) is 6.54 Å². The number of benzene rings is 2. The van der Waals surface area contributed by atoms with Gasteiger partial charge in [-0.15, -0.1) is 11.3 Å². The number of amides is 1. The number of hydrogen-bond donors (Lipinski definition) is 2. The van der Waals surface area contributed by atoms with Crippen LogP contribution in [0, 0.1) is 0 Å². The Kier molecular flexibility index (Phi) is 6.22. The Balaban J connectivity index is 1.45. The minimum absolute atomic E-state index is 0.0237. The minimum atomic E-state index is -0.0237. The van der Waals surface area contributed by atoms with Gasteiger partial charge in [0, 0.05) is 17.6 Å². The minimum Gasteiger partial charge on any atom is -0.497 e. The highest BCUT2D eigenvalue weighted by Gasteiger charge is 2.08. The van der Waals surface area contributed by atoms with Crippen molar-refractivity contribution < 1.29 is 9.53 Å². The number of nitrogens with one attached hydrogen (secondary N) is 2. The van der Waals surface area contributed by atoms with E-state index in [0.717, 1.165) is 34.2 Å². The Morgan fingerprint density at radius 2 is 2.00 bits per heavy atom. The molecule has 1 aromatic heterocycles. The maximum Gasteiger partial charge on any atom is 0.226 e. The normalized spacial score (nSPS) is 10.3. The number of nitrogens with zero attached hydrogens (tertiary/aromatic N) is 1. The zero-order valence-corrected chi connectivity index (χ0v) is 15.4.